The second kappa shape index (κ2) is 13.2. The summed E-state index contributed by atoms with van der Waals surface area (Å²) in [6.07, 6.45) is 16.5. The van der Waals surface area contributed by atoms with Gasteiger partial charge in [-0.25, -0.2) is 9.97 Å². The smallest absolute Gasteiger partial charge is 0.136 e. The average molecular weight is 660 g/mol. The van der Waals surface area contributed by atoms with Crippen molar-refractivity contribution >= 4 is 45.8 Å². The number of hydrogen-bond acceptors (Lipinski definition) is 5. The number of aromatic nitrogens is 2. The van der Waals surface area contributed by atoms with Crippen molar-refractivity contribution < 1.29 is 0 Å². The molecule has 0 amide bonds. The minimum atomic E-state index is -0.00195. The van der Waals surface area contributed by atoms with Crippen molar-refractivity contribution in [1.29, 1.82) is 0 Å². The predicted octanol–water partition coefficient (Wildman–Crippen LogP) is 11.6. The maximum Gasteiger partial charge on any atom is 0.136 e. The van der Waals surface area contributed by atoms with E-state index in [2.05, 4.69) is 173 Å². The van der Waals surface area contributed by atoms with Crippen LogP contribution in [-0.2, 0) is 0 Å². The first-order chi connectivity index (χ1) is 25.2. The Morgan fingerprint density at radius 1 is 0.627 bits per heavy atom. The Labute approximate surface area is 299 Å². The Hall–Kier alpha value is -6.33. The highest BCUT2D eigenvalue weighted by Crippen LogP contribution is 2.47. The highest BCUT2D eigenvalue weighted by atomic mass is 15.3. The molecule has 246 valence electrons. The molecule has 51 heavy (non-hydrogen) atoms. The molecule has 5 heteroatoms. The second-order valence-electron chi connectivity index (χ2n) is 13.2. The normalized spacial score (nSPS) is 16.6. The van der Waals surface area contributed by atoms with Gasteiger partial charge in [0, 0.05) is 28.3 Å². The van der Waals surface area contributed by atoms with E-state index in [0.717, 1.165) is 86.8 Å². The van der Waals surface area contributed by atoms with Gasteiger partial charge in [0.05, 0.1) is 34.1 Å². The van der Waals surface area contributed by atoms with Gasteiger partial charge in [0.15, 0.2) is 0 Å². The number of para-hydroxylation sites is 2. The van der Waals surface area contributed by atoms with Gasteiger partial charge in [0.1, 0.15) is 12.5 Å². The fourth-order valence-electron chi connectivity index (χ4n) is 7.52. The molecule has 0 spiro atoms. The van der Waals surface area contributed by atoms with Crippen LogP contribution in [0.25, 0.3) is 38.7 Å². The second-order valence-corrected chi connectivity index (χ2v) is 13.2. The molecule has 9 rings (SSSR count). The van der Waals surface area contributed by atoms with Gasteiger partial charge in [0.25, 0.3) is 0 Å². The molecule has 2 heterocycles. The van der Waals surface area contributed by atoms with Crippen molar-refractivity contribution in [3.05, 3.63) is 175 Å². The third-order valence-electron chi connectivity index (χ3n) is 10.1. The summed E-state index contributed by atoms with van der Waals surface area (Å²) in [5, 5.41) is 2.31. The van der Waals surface area contributed by atoms with Crippen LogP contribution in [0.1, 0.15) is 36.7 Å². The largest absolute Gasteiger partial charge is 0.323 e. The van der Waals surface area contributed by atoms with Gasteiger partial charge in [0.2, 0.25) is 0 Å². The highest BCUT2D eigenvalue weighted by Gasteiger charge is 2.29. The minimum absolute atomic E-state index is 0.00195. The molecule has 3 aliphatic rings. The van der Waals surface area contributed by atoms with Gasteiger partial charge < -0.3 is 9.80 Å². The molecule has 0 bridgehead atoms. The van der Waals surface area contributed by atoms with E-state index in [4.69, 9.17) is 9.97 Å². The minimum Gasteiger partial charge on any atom is -0.323 e. The van der Waals surface area contributed by atoms with Crippen LogP contribution >= 0.6 is 0 Å². The lowest BCUT2D eigenvalue weighted by Crippen LogP contribution is -2.34. The third kappa shape index (κ3) is 5.77. The summed E-state index contributed by atoms with van der Waals surface area (Å²) in [5.74, 6) is 0.835. The van der Waals surface area contributed by atoms with Crippen molar-refractivity contribution in [3.63, 3.8) is 0 Å². The molecule has 1 aromatic heterocycles. The first kappa shape index (κ1) is 30.7. The lowest BCUT2D eigenvalue weighted by molar-refractivity contribution is 0.753. The zero-order chi connectivity index (χ0) is 34.1. The molecule has 1 aliphatic heterocycles. The SMILES string of the molecule is C=Nc1cc2ccccc2cc1N1CN(C2=CC(c3nc(C4=CCCC=C4)cc(-c4ccccc4)n3)CC=C2)c2ccccc2-c2ccccc21. The molecule has 0 N–H and O–H groups in total. The zero-order valence-corrected chi connectivity index (χ0v) is 28.4. The third-order valence-corrected chi connectivity index (χ3v) is 10.1. The number of benzene rings is 5. The highest BCUT2D eigenvalue weighted by molar-refractivity contribution is 5.98. The number of aliphatic imine (C=N–C) groups is 1. The molecule has 5 aromatic carbocycles. The first-order valence-electron chi connectivity index (χ1n) is 17.7. The van der Waals surface area contributed by atoms with E-state index in [-0.39, 0.29) is 5.92 Å². The number of hydrogen-bond donors (Lipinski definition) is 0. The summed E-state index contributed by atoms with van der Waals surface area (Å²) < 4.78 is 0. The number of rotatable bonds is 6. The molecule has 0 saturated heterocycles. The molecular formula is C46H37N5. The zero-order valence-electron chi connectivity index (χ0n) is 28.4. The van der Waals surface area contributed by atoms with Gasteiger partial charge in [-0.2, -0.15) is 0 Å². The van der Waals surface area contributed by atoms with E-state index in [1.165, 1.54) is 11.1 Å². The fraction of sp³-hybridized carbons (Fsp3) is 0.109. The summed E-state index contributed by atoms with van der Waals surface area (Å²) >= 11 is 0. The maximum atomic E-state index is 5.24. The summed E-state index contributed by atoms with van der Waals surface area (Å²) in [6.45, 7) is 4.57. The number of allylic oxidation sites excluding steroid dienone is 7. The molecule has 1 atom stereocenters. The van der Waals surface area contributed by atoms with Gasteiger partial charge in [-0.15, -0.1) is 0 Å². The topological polar surface area (TPSA) is 44.6 Å². The lowest BCUT2D eigenvalue weighted by atomic mass is 9.95. The Bertz CT molecular complexity index is 2420. The molecule has 0 fully saturated rings. The molecule has 0 radical (unpaired) electrons. The summed E-state index contributed by atoms with van der Waals surface area (Å²) in [6, 6.07) is 42.8. The molecule has 2 aliphatic carbocycles. The fourth-order valence-corrected chi connectivity index (χ4v) is 7.52. The van der Waals surface area contributed by atoms with E-state index in [0.29, 0.717) is 6.67 Å². The summed E-state index contributed by atoms with van der Waals surface area (Å²) in [7, 11) is 0. The van der Waals surface area contributed by atoms with Crippen LogP contribution in [0, 0.1) is 0 Å². The van der Waals surface area contributed by atoms with Gasteiger partial charge >= 0.3 is 0 Å². The van der Waals surface area contributed by atoms with E-state index >= 15 is 0 Å². The van der Waals surface area contributed by atoms with E-state index in [1.807, 2.05) is 6.07 Å². The van der Waals surface area contributed by atoms with Gasteiger partial charge in [-0.05, 0) is 84.8 Å². The maximum absolute atomic E-state index is 5.24. The van der Waals surface area contributed by atoms with Crippen LogP contribution < -0.4 is 9.80 Å². The van der Waals surface area contributed by atoms with Crippen LogP contribution in [0.3, 0.4) is 0 Å². The van der Waals surface area contributed by atoms with Gasteiger partial charge in [-0.1, -0.05) is 115 Å². The lowest BCUT2D eigenvalue weighted by Gasteiger charge is -2.34. The van der Waals surface area contributed by atoms with Crippen molar-refractivity contribution in [3.8, 4) is 22.4 Å². The standard InChI is InChI=1S/C46H37N5/c1-47-42-28-34-19-8-9-20-35(34)29-45(42)51-31-50(43-25-12-10-23-38(43)39-24-11-13-26-44(39)51)37-22-14-21-36(27-37)46-48-40(32-15-4-2-5-16-32)30-41(49-46)33-17-6-3-7-18-33/h2,4-6,8-20,22-30,36H,1,3,7,21,31H2. The molecule has 6 aromatic rings. The summed E-state index contributed by atoms with van der Waals surface area (Å²) in [5.41, 5.74) is 11.8. The van der Waals surface area contributed by atoms with Crippen LogP contribution in [0.5, 0.6) is 0 Å². The van der Waals surface area contributed by atoms with Crippen LogP contribution in [0.4, 0.5) is 22.7 Å². The van der Waals surface area contributed by atoms with E-state index in [9.17, 15) is 0 Å². The molecule has 0 saturated carbocycles. The van der Waals surface area contributed by atoms with Crippen LogP contribution in [-0.4, -0.2) is 23.4 Å². The number of anilines is 3. The first-order valence-corrected chi connectivity index (χ1v) is 17.7. The Kier molecular flexibility index (Phi) is 7.94. The van der Waals surface area contributed by atoms with Crippen molar-refractivity contribution in [2.75, 3.05) is 16.5 Å². The Morgan fingerprint density at radius 3 is 2.06 bits per heavy atom. The quantitative estimate of drug-likeness (QED) is 0.167. The van der Waals surface area contributed by atoms with Crippen LogP contribution in [0.2, 0.25) is 0 Å². The molecule has 5 nitrogen and oxygen atoms in total. The molecular weight excluding hydrogens is 623 g/mol. The summed E-state index contributed by atoms with van der Waals surface area (Å²) in [4.78, 5) is 19.8. The van der Waals surface area contributed by atoms with Crippen LogP contribution in [0.15, 0.2) is 168 Å². The number of nitrogens with zero attached hydrogens (tertiary/aromatic N) is 5. The Balaban J connectivity index is 1.18. The van der Waals surface area contributed by atoms with Crippen molar-refractivity contribution in [2.24, 2.45) is 4.99 Å². The van der Waals surface area contributed by atoms with E-state index in [1.54, 1.807) is 0 Å². The monoisotopic (exact) mass is 659 g/mol. The Morgan fingerprint density at radius 2 is 1.31 bits per heavy atom. The van der Waals surface area contributed by atoms with Gasteiger partial charge in [-0.3, -0.25) is 4.99 Å². The number of fused-ring (bicyclic) bond motifs is 4. The van der Waals surface area contributed by atoms with Crippen molar-refractivity contribution in [1.82, 2.24) is 9.97 Å². The average Bonchev–Trinajstić information content (AvgIpc) is 3.36. The predicted molar refractivity (Wildman–Crippen MR) is 213 cm³/mol. The van der Waals surface area contributed by atoms with E-state index < -0.39 is 0 Å². The van der Waals surface area contributed by atoms with Crippen molar-refractivity contribution in [2.45, 2.75) is 25.2 Å². The molecule has 1 unspecified atom stereocenters.